The average Bonchev–Trinajstić information content (AvgIpc) is 3.53. The summed E-state index contributed by atoms with van der Waals surface area (Å²) >= 11 is 1.41. The van der Waals surface area contributed by atoms with Gasteiger partial charge in [-0.3, -0.25) is 9.59 Å². The maximum Gasteiger partial charge on any atom is 0.253 e. The molecule has 2 aliphatic rings. The van der Waals surface area contributed by atoms with Gasteiger partial charge in [0.1, 0.15) is 0 Å². The van der Waals surface area contributed by atoms with Crippen LogP contribution in [-0.2, 0) is 4.79 Å². The van der Waals surface area contributed by atoms with Crippen LogP contribution in [0.3, 0.4) is 0 Å². The second kappa shape index (κ2) is 8.56. The van der Waals surface area contributed by atoms with Crippen LogP contribution in [-0.4, -0.2) is 36.8 Å². The standard InChI is InChI=1S/C21H22N2O4S/c24-20(13-28-15-8-9-18-19(12-15)27-11-3-10-26-18)23-17-5-2-1-4-16(17)21(25)22-14-6-7-14/h1-2,4-5,8-9,12,14H,3,6-7,10-11,13H2,(H,22,25)(H,23,24). The Bertz CT molecular complexity index is 882. The van der Waals surface area contributed by atoms with Gasteiger partial charge in [-0.25, -0.2) is 0 Å². The summed E-state index contributed by atoms with van der Waals surface area (Å²) in [6.45, 7) is 1.27. The molecule has 6 nitrogen and oxygen atoms in total. The van der Waals surface area contributed by atoms with E-state index in [1.807, 2.05) is 18.2 Å². The van der Waals surface area contributed by atoms with Gasteiger partial charge in [0.2, 0.25) is 5.91 Å². The lowest BCUT2D eigenvalue weighted by Crippen LogP contribution is -2.27. The van der Waals surface area contributed by atoms with Crippen LogP contribution in [0.1, 0.15) is 29.6 Å². The van der Waals surface area contributed by atoms with Crippen LogP contribution in [0.25, 0.3) is 0 Å². The fourth-order valence-electron chi connectivity index (χ4n) is 2.85. The maximum atomic E-state index is 12.4. The first-order valence-corrected chi connectivity index (χ1v) is 10.4. The van der Waals surface area contributed by atoms with E-state index in [0.29, 0.717) is 30.2 Å². The van der Waals surface area contributed by atoms with Crippen molar-refractivity contribution in [1.82, 2.24) is 5.32 Å². The number of fused-ring (bicyclic) bond motifs is 1. The first kappa shape index (κ1) is 18.7. The zero-order valence-electron chi connectivity index (χ0n) is 15.4. The number of nitrogens with one attached hydrogen (secondary N) is 2. The third kappa shape index (κ3) is 4.78. The number of carbonyl (C=O) groups excluding carboxylic acids is 2. The molecule has 2 N–H and O–H groups in total. The third-order valence-electron chi connectivity index (χ3n) is 4.45. The lowest BCUT2D eigenvalue weighted by molar-refractivity contribution is -0.113. The molecular formula is C21H22N2O4S. The van der Waals surface area contributed by atoms with E-state index in [4.69, 9.17) is 9.47 Å². The van der Waals surface area contributed by atoms with Crippen LogP contribution in [0.5, 0.6) is 11.5 Å². The van der Waals surface area contributed by atoms with E-state index in [-0.39, 0.29) is 23.6 Å². The van der Waals surface area contributed by atoms with E-state index in [2.05, 4.69) is 10.6 Å². The Hall–Kier alpha value is -2.67. The molecule has 2 aromatic rings. The molecule has 28 heavy (non-hydrogen) atoms. The minimum Gasteiger partial charge on any atom is -0.490 e. The van der Waals surface area contributed by atoms with Gasteiger partial charge in [0, 0.05) is 17.4 Å². The Morgan fingerprint density at radius 3 is 2.64 bits per heavy atom. The van der Waals surface area contributed by atoms with Gasteiger partial charge in [-0.1, -0.05) is 12.1 Å². The summed E-state index contributed by atoms with van der Waals surface area (Å²) in [6, 6.07) is 13.0. The lowest BCUT2D eigenvalue weighted by Gasteiger charge is -2.12. The van der Waals surface area contributed by atoms with E-state index in [1.165, 1.54) is 11.8 Å². The van der Waals surface area contributed by atoms with E-state index >= 15 is 0 Å². The molecule has 4 rings (SSSR count). The fraction of sp³-hybridized carbons (Fsp3) is 0.333. The second-order valence-electron chi connectivity index (χ2n) is 6.79. The third-order valence-corrected chi connectivity index (χ3v) is 5.44. The molecular weight excluding hydrogens is 376 g/mol. The molecule has 0 atom stereocenters. The van der Waals surface area contributed by atoms with Crippen LogP contribution in [0.4, 0.5) is 5.69 Å². The molecule has 7 heteroatoms. The van der Waals surface area contributed by atoms with Gasteiger partial charge >= 0.3 is 0 Å². The molecule has 1 aliphatic carbocycles. The molecule has 2 aromatic carbocycles. The minimum atomic E-state index is -0.163. The first-order chi connectivity index (χ1) is 13.7. The minimum absolute atomic E-state index is 0.144. The largest absolute Gasteiger partial charge is 0.490 e. The number of hydrogen-bond donors (Lipinski definition) is 2. The van der Waals surface area contributed by atoms with Crippen LogP contribution in [0.15, 0.2) is 47.4 Å². The predicted octanol–water partition coefficient (Wildman–Crippen LogP) is 3.47. The SMILES string of the molecule is O=C(CSc1ccc2c(c1)OCCCO2)Nc1ccccc1C(=O)NC1CC1. The van der Waals surface area contributed by atoms with Gasteiger partial charge < -0.3 is 20.1 Å². The van der Waals surface area contributed by atoms with Crippen molar-refractivity contribution in [3.63, 3.8) is 0 Å². The Morgan fingerprint density at radius 1 is 1.04 bits per heavy atom. The fourth-order valence-corrected chi connectivity index (χ4v) is 3.57. The monoisotopic (exact) mass is 398 g/mol. The number of benzene rings is 2. The highest BCUT2D eigenvalue weighted by molar-refractivity contribution is 8.00. The number of rotatable bonds is 6. The summed E-state index contributed by atoms with van der Waals surface area (Å²) in [6.07, 6.45) is 2.90. The average molecular weight is 398 g/mol. The van der Waals surface area contributed by atoms with Gasteiger partial charge in [-0.2, -0.15) is 0 Å². The van der Waals surface area contributed by atoms with E-state index in [0.717, 1.165) is 29.9 Å². The molecule has 1 aliphatic heterocycles. The number of thioether (sulfide) groups is 1. The zero-order valence-corrected chi connectivity index (χ0v) is 16.2. The van der Waals surface area contributed by atoms with Crippen LogP contribution in [0, 0.1) is 0 Å². The lowest BCUT2D eigenvalue weighted by atomic mass is 10.1. The van der Waals surface area contributed by atoms with Crippen LogP contribution < -0.4 is 20.1 Å². The van der Waals surface area contributed by atoms with Crippen molar-refractivity contribution >= 4 is 29.3 Å². The number of ether oxygens (including phenoxy) is 2. The second-order valence-corrected chi connectivity index (χ2v) is 7.84. The molecule has 146 valence electrons. The van der Waals surface area contributed by atoms with Crippen molar-refractivity contribution in [2.45, 2.75) is 30.2 Å². The van der Waals surface area contributed by atoms with Crippen molar-refractivity contribution in [3.8, 4) is 11.5 Å². The summed E-state index contributed by atoms with van der Waals surface area (Å²) in [5, 5.41) is 5.81. The Kier molecular flexibility index (Phi) is 5.71. The van der Waals surface area contributed by atoms with Crippen molar-refractivity contribution in [1.29, 1.82) is 0 Å². The highest BCUT2D eigenvalue weighted by atomic mass is 32.2. The van der Waals surface area contributed by atoms with Crippen LogP contribution >= 0.6 is 11.8 Å². The Morgan fingerprint density at radius 2 is 1.82 bits per heavy atom. The molecule has 1 saturated carbocycles. The molecule has 0 unspecified atom stereocenters. The van der Waals surface area contributed by atoms with Crippen molar-refractivity contribution in [2.75, 3.05) is 24.3 Å². The number of anilines is 1. The number of carbonyl (C=O) groups is 2. The first-order valence-electron chi connectivity index (χ1n) is 9.41. The molecule has 1 heterocycles. The number of amides is 2. The number of hydrogen-bond acceptors (Lipinski definition) is 5. The summed E-state index contributed by atoms with van der Waals surface area (Å²) in [5.41, 5.74) is 1.02. The molecule has 1 fully saturated rings. The summed E-state index contributed by atoms with van der Waals surface area (Å²) < 4.78 is 11.3. The molecule has 0 radical (unpaired) electrons. The predicted molar refractivity (Wildman–Crippen MR) is 108 cm³/mol. The van der Waals surface area contributed by atoms with Gasteiger partial charge in [0.15, 0.2) is 11.5 Å². The molecule has 0 saturated heterocycles. The Balaban J connectivity index is 1.36. The van der Waals surface area contributed by atoms with E-state index in [1.54, 1.807) is 24.3 Å². The molecule has 0 bridgehead atoms. The van der Waals surface area contributed by atoms with Gasteiger partial charge in [-0.05, 0) is 43.2 Å². The molecule has 0 aromatic heterocycles. The molecule has 2 amide bonds. The van der Waals surface area contributed by atoms with Gasteiger partial charge in [0.25, 0.3) is 5.91 Å². The van der Waals surface area contributed by atoms with Gasteiger partial charge in [-0.15, -0.1) is 11.8 Å². The number of para-hydroxylation sites is 1. The smallest absolute Gasteiger partial charge is 0.253 e. The maximum absolute atomic E-state index is 12.4. The van der Waals surface area contributed by atoms with Crippen LogP contribution in [0.2, 0.25) is 0 Å². The Labute approximate surface area is 168 Å². The highest BCUT2D eigenvalue weighted by Gasteiger charge is 2.25. The van der Waals surface area contributed by atoms with Crippen molar-refractivity contribution in [2.24, 2.45) is 0 Å². The van der Waals surface area contributed by atoms with Gasteiger partial charge in [0.05, 0.1) is 30.2 Å². The summed E-state index contributed by atoms with van der Waals surface area (Å²) in [7, 11) is 0. The quantitative estimate of drug-likeness (QED) is 0.729. The van der Waals surface area contributed by atoms with E-state index in [9.17, 15) is 9.59 Å². The highest BCUT2D eigenvalue weighted by Crippen LogP contribution is 2.34. The summed E-state index contributed by atoms with van der Waals surface area (Å²) in [5.74, 6) is 1.38. The van der Waals surface area contributed by atoms with E-state index < -0.39 is 0 Å². The van der Waals surface area contributed by atoms with Crippen molar-refractivity contribution < 1.29 is 19.1 Å². The zero-order chi connectivity index (χ0) is 19.3. The normalized spacial score (nSPS) is 15.4. The summed E-state index contributed by atoms with van der Waals surface area (Å²) in [4.78, 5) is 25.7. The molecule has 0 spiro atoms. The topological polar surface area (TPSA) is 76.7 Å². The van der Waals surface area contributed by atoms with Crippen molar-refractivity contribution in [3.05, 3.63) is 48.0 Å².